The summed E-state index contributed by atoms with van der Waals surface area (Å²) < 4.78 is 0.917. The van der Waals surface area contributed by atoms with Crippen LogP contribution in [-0.2, 0) is 9.59 Å². The second-order valence-corrected chi connectivity index (χ2v) is 3.45. The van der Waals surface area contributed by atoms with E-state index < -0.39 is 11.8 Å². The first-order chi connectivity index (χ1) is 6.59. The minimum Gasteiger partial charge on any atom is -0.541 e. The molecule has 0 N–H and O–H groups in total. The Morgan fingerprint density at radius 1 is 1.20 bits per heavy atom. The molecule has 0 amide bonds. The Labute approximate surface area is 138 Å². The van der Waals surface area contributed by atoms with Crippen molar-refractivity contribution in [1.29, 1.82) is 0 Å². The van der Waals surface area contributed by atoms with Crippen molar-refractivity contribution in [2.45, 2.75) is 0 Å². The summed E-state index contributed by atoms with van der Waals surface area (Å²) in [5, 5.41) is 10.1. The molecule has 0 spiro atoms. The molecular weight excluding hydrogens is 287 g/mol. The summed E-state index contributed by atoms with van der Waals surface area (Å²) >= 11 is 3.25. The molecule has 0 saturated carbocycles. The largest absolute Gasteiger partial charge is 1.00 e. The first-order valence-electron chi connectivity index (χ1n) is 3.78. The third-order valence-electron chi connectivity index (χ3n) is 1.50. The average Bonchev–Trinajstić information content (AvgIpc) is 2.16. The van der Waals surface area contributed by atoms with Crippen molar-refractivity contribution in [3.8, 4) is 0 Å². The molecule has 0 aliphatic rings. The molecule has 72 valence electrons. The molecule has 0 heterocycles. The number of rotatable bonds is 3. The fourth-order valence-electron chi connectivity index (χ4n) is 0.814. The van der Waals surface area contributed by atoms with E-state index in [-0.39, 0.29) is 51.4 Å². The van der Waals surface area contributed by atoms with Crippen LogP contribution in [0.25, 0.3) is 6.08 Å². The van der Waals surface area contributed by atoms with Gasteiger partial charge in [0.1, 0.15) is 5.97 Å². The molecule has 0 atom stereocenters. The molecule has 0 aliphatic heterocycles. The van der Waals surface area contributed by atoms with Gasteiger partial charge in [-0.25, -0.2) is 0 Å². The fourth-order valence-corrected chi connectivity index (χ4v) is 1.08. The number of ketones is 1. The number of aliphatic carboxylic acids is 1. The van der Waals surface area contributed by atoms with Gasteiger partial charge in [0.2, 0.25) is 5.78 Å². The van der Waals surface area contributed by atoms with Gasteiger partial charge in [-0.3, -0.25) is 4.79 Å². The summed E-state index contributed by atoms with van der Waals surface area (Å²) in [6, 6.07) is 7.10. The second kappa shape index (κ2) is 7.48. The Balaban J connectivity index is 0.00000196. The number of hydrogen-bond acceptors (Lipinski definition) is 3. The molecule has 0 bridgehead atoms. The van der Waals surface area contributed by atoms with Crippen LogP contribution in [0, 0.1) is 0 Å². The van der Waals surface area contributed by atoms with Crippen LogP contribution in [-0.4, -0.2) is 11.8 Å². The molecule has 0 saturated heterocycles. The van der Waals surface area contributed by atoms with Crippen molar-refractivity contribution < 1.29 is 66.1 Å². The van der Waals surface area contributed by atoms with Crippen molar-refractivity contribution in [3.63, 3.8) is 0 Å². The van der Waals surface area contributed by atoms with Gasteiger partial charge in [-0.05, 0) is 23.8 Å². The molecule has 1 aromatic rings. The van der Waals surface area contributed by atoms with Crippen LogP contribution in [0.5, 0.6) is 0 Å². The predicted octanol–water partition coefficient (Wildman–Crippen LogP) is -2.21. The first kappa shape index (κ1) is 15.2. The number of carboxylic acid groups (broad SMARTS) is 1. The molecule has 1 aromatic carbocycles. The van der Waals surface area contributed by atoms with Crippen molar-refractivity contribution in [3.05, 3.63) is 40.4 Å². The van der Waals surface area contributed by atoms with E-state index in [4.69, 9.17) is 0 Å². The summed E-state index contributed by atoms with van der Waals surface area (Å²) in [7, 11) is 0. The van der Waals surface area contributed by atoms with Crippen LogP contribution in [0.4, 0.5) is 0 Å². The fraction of sp³-hybridized carbons (Fsp3) is 0. The Bertz CT molecular complexity index is 384. The number of benzene rings is 1. The first-order valence-corrected chi connectivity index (χ1v) is 4.58. The quantitative estimate of drug-likeness (QED) is 0.360. The number of halogens is 1. The summed E-state index contributed by atoms with van der Waals surface area (Å²) in [5.74, 6) is -2.73. The smallest absolute Gasteiger partial charge is 0.541 e. The van der Waals surface area contributed by atoms with E-state index in [9.17, 15) is 14.7 Å². The topological polar surface area (TPSA) is 57.2 Å². The Kier molecular flexibility index (Phi) is 7.59. The maximum absolute atomic E-state index is 10.6. The standard InChI is InChI=1S/C10H7BrO3.K/c11-8-4-1-7(2-5-8)3-6-9(12)10(13)14;/h1-6H,(H,13,14);/q;+1/p-1/b6-3+;. The number of carbonyl (C=O) groups excluding carboxylic acids is 2. The van der Waals surface area contributed by atoms with Crippen LogP contribution in [0.3, 0.4) is 0 Å². The summed E-state index contributed by atoms with van der Waals surface area (Å²) in [4.78, 5) is 20.7. The third kappa shape index (κ3) is 5.75. The molecule has 3 nitrogen and oxygen atoms in total. The van der Waals surface area contributed by atoms with Gasteiger partial charge in [-0.1, -0.05) is 34.1 Å². The van der Waals surface area contributed by atoms with Gasteiger partial charge in [0.05, 0.1) is 0 Å². The Morgan fingerprint density at radius 2 is 1.73 bits per heavy atom. The van der Waals surface area contributed by atoms with E-state index in [1.807, 2.05) is 0 Å². The summed E-state index contributed by atoms with van der Waals surface area (Å²) in [6.07, 6.45) is 2.39. The van der Waals surface area contributed by atoms with Gasteiger partial charge in [0, 0.05) is 4.47 Å². The minimum absolute atomic E-state index is 0. The Hall–Kier alpha value is 0.216. The van der Waals surface area contributed by atoms with Crippen molar-refractivity contribution in [1.82, 2.24) is 0 Å². The minimum atomic E-state index is -1.70. The molecule has 0 aliphatic carbocycles. The van der Waals surface area contributed by atoms with E-state index in [0.717, 1.165) is 16.1 Å². The van der Waals surface area contributed by atoms with E-state index in [1.54, 1.807) is 24.3 Å². The van der Waals surface area contributed by atoms with E-state index >= 15 is 0 Å². The SMILES string of the molecule is O=C([O-])C(=O)/C=C/c1ccc(Br)cc1.[K+]. The van der Waals surface area contributed by atoms with Crippen LogP contribution < -0.4 is 56.5 Å². The van der Waals surface area contributed by atoms with Gasteiger partial charge in [0.15, 0.2) is 0 Å². The van der Waals surface area contributed by atoms with Crippen molar-refractivity contribution >= 4 is 33.8 Å². The maximum Gasteiger partial charge on any atom is 1.00 e. The average molecular weight is 293 g/mol. The van der Waals surface area contributed by atoms with Gasteiger partial charge >= 0.3 is 51.4 Å². The van der Waals surface area contributed by atoms with Crippen LogP contribution >= 0.6 is 15.9 Å². The van der Waals surface area contributed by atoms with Gasteiger partial charge < -0.3 is 9.90 Å². The normalized spacial score (nSPS) is 9.67. The maximum atomic E-state index is 10.6. The van der Waals surface area contributed by atoms with Crippen molar-refractivity contribution in [2.24, 2.45) is 0 Å². The summed E-state index contributed by atoms with van der Waals surface area (Å²) in [6.45, 7) is 0. The van der Waals surface area contributed by atoms with Crippen LogP contribution in [0.2, 0.25) is 0 Å². The summed E-state index contributed by atoms with van der Waals surface area (Å²) in [5.41, 5.74) is 0.753. The number of hydrogen-bond donors (Lipinski definition) is 0. The van der Waals surface area contributed by atoms with Crippen LogP contribution in [0.1, 0.15) is 5.56 Å². The number of carbonyl (C=O) groups is 2. The van der Waals surface area contributed by atoms with Gasteiger partial charge in [-0.15, -0.1) is 0 Å². The third-order valence-corrected chi connectivity index (χ3v) is 2.03. The molecule has 0 fully saturated rings. The van der Waals surface area contributed by atoms with E-state index in [2.05, 4.69) is 15.9 Å². The molecule has 15 heavy (non-hydrogen) atoms. The van der Waals surface area contributed by atoms with E-state index in [1.165, 1.54) is 6.08 Å². The zero-order valence-electron chi connectivity index (χ0n) is 8.07. The van der Waals surface area contributed by atoms with Gasteiger partial charge in [-0.2, -0.15) is 0 Å². The van der Waals surface area contributed by atoms with E-state index in [0.29, 0.717) is 0 Å². The van der Waals surface area contributed by atoms with Gasteiger partial charge in [0.25, 0.3) is 0 Å². The zero-order valence-corrected chi connectivity index (χ0v) is 12.8. The van der Waals surface area contributed by atoms with Crippen LogP contribution in [0.15, 0.2) is 34.8 Å². The molecular formula is C10H6BrKO3. The number of carboxylic acids is 1. The molecule has 1 rings (SSSR count). The monoisotopic (exact) mass is 292 g/mol. The molecule has 0 radical (unpaired) electrons. The molecule has 0 aromatic heterocycles. The zero-order chi connectivity index (χ0) is 10.6. The second-order valence-electron chi connectivity index (χ2n) is 2.54. The predicted molar refractivity (Wildman–Crippen MR) is 53.2 cm³/mol. The molecule has 0 unspecified atom stereocenters. The molecule has 5 heteroatoms. The Morgan fingerprint density at radius 3 is 2.20 bits per heavy atom. The van der Waals surface area contributed by atoms with Crippen molar-refractivity contribution in [2.75, 3.05) is 0 Å².